The van der Waals surface area contributed by atoms with E-state index in [0.29, 0.717) is 30.2 Å². The fraction of sp³-hybridized carbons (Fsp3) is 0.278. The molecule has 8 nitrogen and oxygen atoms in total. The Balaban J connectivity index is 1.82. The second-order valence-electron chi connectivity index (χ2n) is 5.57. The lowest BCUT2D eigenvalue weighted by Gasteiger charge is -2.13. The molecule has 3 N–H and O–H groups in total. The number of para-hydroxylation sites is 1. The minimum Gasteiger partial charge on any atom is -0.493 e. The average molecular weight is 394 g/mol. The van der Waals surface area contributed by atoms with Gasteiger partial charge >= 0.3 is 0 Å². The second kappa shape index (κ2) is 9.24. The molecule has 0 aliphatic heterocycles. The molecule has 146 valence electrons. The summed E-state index contributed by atoms with van der Waals surface area (Å²) in [6, 6.07) is 11.3. The van der Waals surface area contributed by atoms with E-state index in [0.717, 1.165) is 5.56 Å². The summed E-state index contributed by atoms with van der Waals surface area (Å²) in [6.45, 7) is 0.208. The minimum absolute atomic E-state index is 0.0518. The lowest BCUT2D eigenvalue weighted by molar-refractivity contribution is -0.123. The molecule has 0 atom stereocenters. The van der Waals surface area contributed by atoms with Crippen LogP contribution in [0.5, 0.6) is 17.2 Å². The smallest absolute Gasteiger partial charge is 0.257 e. The Morgan fingerprint density at radius 2 is 1.70 bits per heavy atom. The van der Waals surface area contributed by atoms with Crippen molar-refractivity contribution in [2.24, 2.45) is 5.14 Å². The van der Waals surface area contributed by atoms with Crippen LogP contribution in [0.2, 0.25) is 0 Å². The summed E-state index contributed by atoms with van der Waals surface area (Å²) in [5.41, 5.74) is 0.873. The number of primary sulfonamides is 1. The highest BCUT2D eigenvalue weighted by atomic mass is 32.2. The molecular weight excluding hydrogens is 372 g/mol. The largest absolute Gasteiger partial charge is 0.493 e. The molecule has 0 saturated carbocycles. The van der Waals surface area contributed by atoms with Gasteiger partial charge in [0.1, 0.15) is 0 Å². The van der Waals surface area contributed by atoms with E-state index in [1.165, 1.54) is 26.4 Å². The number of amides is 1. The maximum absolute atomic E-state index is 11.9. The van der Waals surface area contributed by atoms with Crippen LogP contribution in [0.3, 0.4) is 0 Å². The maximum Gasteiger partial charge on any atom is 0.257 e. The zero-order valence-electron chi connectivity index (χ0n) is 15.1. The monoisotopic (exact) mass is 394 g/mol. The van der Waals surface area contributed by atoms with Crippen LogP contribution in [0.15, 0.2) is 47.4 Å². The molecule has 0 aliphatic carbocycles. The molecule has 0 unspecified atom stereocenters. The van der Waals surface area contributed by atoms with E-state index in [9.17, 15) is 13.2 Å². The Labute approximate surface area is 158 Å². The first-order chi connectivity index (χ1) is 12.8. The number of carbonyl (C=O) groups excluding carboxylic acids is 1. The summed E-state index contributed by atoms with van der Waals surface area (Å²) in [6.07, 6.45) is 0.541. The van der Waals surface area contributed by atoms with E-state index < -0.39 is 10.0 Å². The standard InChI is InChI=1S/C18H22N2O6S/c1-24-15-4-3-5-16(18(15)25-2)26-12-17(21)20-11-10-13-6-8-14(9-7-13)27(19,22)23/h3-9H,10-12H2,1-2H3,(H,20,21)(H2,19,22,23). The van der Waals surface area contributed by atoms with Crippen molar-refractivity contribution in [3.05, 3.63) is 48.0 Å². The number of methoxy groups -OCH3 is 2. The topological polar surface area (TPSA) is 117 Å². The fourth-order valence-electron chi connectivity index (χ4n) is 2.36. The molecule has 0 heterocycles. The van der Waals surface area contributed by atoms with Crippen LogP contribution in [-0.2, 0) is 21.2 Å². The highest BCUT2D eigenvalue weighted by Gasteiger charge is 2.12. The molecule has 1 amide bonds. The van der Waals surface area contributed by atoms with Crippen LogP contribution in [-0.4, -0.2) is 41.7 Å². The zero-order valence-corrected chi connectivity index (χ0v) is 15.9. The van der Waals surface area contributed by atoms with Crippen molar-refractivity contribution in [1.29, 1.82) is 0 Å². The van der Waals surface area contributed by atoms with Gasteiger partial charge in [-0.3, -0.25) is 4.79 Å². The predicted octanol–water partition coefficient (Wildman–Crippen LogP) is 1.09. The zero-order chi connectivity index (χ0) is 19.9. The summed E-state index contributed by atoms with van der Waals surface area (Å²) in [5.74, 6) is 1.05. The molecule has 9 heteroatoms. The lowest BCUT2D eigenvalue weighted by Crippen LogP contribution is -2.30. The molecule has 0 saturated heterocycles. The quantitative estimate of drug-likeness (QED) is 0.657. The van der Waals surface area contributed by atoms with Gasteiger partial charge in [-0.25, -0.2) is 13.6 Å². The molecule has 0 spiro atoms. The molecule has 0 bridgehead atoms. The van der Waals surface area contributed by atoms with Crippen molar-refractivity contribution < 1.29 is 27.4 Å². The van der Waals surface area contributed by atoms with Gasteiger partial charge in [-0.05, 0) is 36.2 Å². The Hall–Kier alpha value is -2.78. The summed E-state index contributed by atoms with van der Waals surface area (Å²) in [4.78, 5) is 12.0. The Kier molecular flexibility index (Phi) is 7.03. The summed E-state index contributed by atoms with van der Waals surface area (Å²) in [5, 5.41) is 7.78. The van der Waals surface area contributed by atoms with Crippen LogP contribution < -0.4 is 24.7 Å². The summed E-state index contributed by atoms with van der Waals surface area (Å²) < 4.78 is 38.3. The van der Waals surface area contributed by atoms with E-state index in [2.05, 4.69) is 5.32 Å². The van der Waals surface area contributed by atoms with Gasteiger partial charge in [-0.2, -0.15) is 0 Å². The van der Waals surface area contributed by atoms with E-state index in [-0.39, 0.29) is 17.4 Å². The van der Waals surface area contributed by atoms with Crippen LogP contribution in [0, 0.1) is 0 Å². The third-order valence-electron chi connectivity index (χ3n) is 3.71. The van der Waals surface area contributed by atoms with Crippen molar-refractivity contribution in [2.45, 2.75) is 11.3 Å². The molecule has 0 fully saturated rings. The SMILES string of the molecule is COc1cccc(OCC(=O)NCCc2ccc(S(N)(=O)=O)cc2)c1OC. The molecule has 27 heavy (non-hydrogen) atoms. The van der Waals surface area contributed by atoms with Gasteiger partial charge in [-0.15, -0.1) is 0 Å². The molecule has 0 aromatic heterocycles. The van der Waals surface area contributed by atoms with Crippen LogP contribution in [0.25, 0.3) is 0 Å². The van der Waals surface area contributed by atoms with Gasteiger partial charge in [0.15, 0.2) is 18.1 Å². The van der Waals surface area contributed by atoms with E-state index in [1.807, 2.05) is 0 Å². The number of nitrogens with two attached hydrogens (primary N) is 1. The number of hydrogen-bond donors (Lipinski definition) is 2. The van der Waals surface area contributed by atoms with Crippen molar-refractivity contribution in [3.8, 4) is 17.2 Å². The summed E-state index contributed by atoms with van der Waals surface area (Å²) >= 11 is 0. The Morgan fingerprint density at radius 3 is 2.30 bits per heavy atom. The highest BCUT2D eigenvalue weighted by molar-refractivity contribution is 7.89. The van der Waals surface area contributed by atoms with Crippen LogP contribution in [0.4, 0.5) is 0 Å². The predicted molar refractivity (Wildman–Crippen MR) is 99.6 cm³/mol. The third kappa shape index (κ3) is 5.87. The van der Waals surface area contributed by atoms with Crippen molar-refractivity contribution in [1.82, 2.24) is 5.32 Å². The molecular formula is C18H22N2O6S. The van der Waals surface area contributed by atoms with Gasteiger partial charge in [0, 0.05) is 6.54 Å². The third-order valence-corrected chi connectivity index (χ3v) is 4.64. The lowest BCUT2D eigenvalue weighted by atomic mass is 10.1. The van der Waals surface area contributed by atoms with Gasteiger partial charge in [-0.1, -0.05) is 18.2 Å². The van der Waals surface area contributed by atoms with Gasteiger partial charge in [0.2, 0.25) is 15.8 Å². The molecule has 0 aliphatic rings. The first kappa shape index (κ1) is 20.5. The first-order valence-electron chi connectivity index (χ1n) is 8.07. The van der Waals surface area contributed by atoms with Crippen LogP contribution in [0.1, 0.15) is 5.56 Å². The minimum atomic E-state index is -3.70. The average Bonchev–Trinajstić information content (AvgIpc) is 2.65. The normalized spacial score (nSPS) is 10.9. The van der Waals surface area contributed by atoms with Gasteiger partial charge in [0.25, 0.3) is 5.91 Å². The summed E-state index contributed by atoms with van der Waals surface area (Å²) in [7, 11) is -0.694. The molecule has 2 rings (SSSR count). The van der Waals surface area contributed by atoms with Crippen LogP contribution >= 0.6 is 0 Å². The number of rotatable bonds is 9. The van der Waals surface area contributed by atoms with Gasteiger partial charge < -0.3 is 19.5 Å². The Bertz CT molecular complexity index is 881. The first-order valence-corrected chi connectivity index (χ1v) is 9.62. The maximum atomic E-state index is 11.9. The molecule has 0 radical (unpaired) electrons. The number of benzene rings is 2. The fourth-order valence-corrected chi connectivity index (χ4v) is 2.87. The highest BCUT2D eigenvalue weighted by Crippen LogP contribution is 2.36. The van der Waals surface area contributed by atoms with E-state index >= 15 is 0 Å². The molecule has 2 aromatic rings. The second-order valence-corrected chi connectivity index (χ2v) is 7.13. The number of hydrogen-bond acceptors (Lipinski definition) is 6. The molecule has 2 aromatic carbocycles. The van der Waals surface area contributed by atoms with Gasteiger partial charge in [0.05, 0.1) is 19.1 Å². The van der Waals surface area contributed by atoms with E-state index in [1.54, 1.807) is 30.3 Å². The van der Waals surface area contributed by atoms with Crippen molar-refractivity contribution >= 4 is 15.9 Å². The number of ether oxygens (including phenoxy) is 3. The Morgan fingerprint density at radius 1 is 1.04 bits per heavy atom. The van der Waals surface area contributed by atoms with Crippen molar-refractivity contribution in [2.75, 3.05) is 27.4 Å². The number of carbonyl (C=O) groups is 1. The number of nitrogens with one attached hydrogen (secondary N) is 1. The van der Waals surface area contributed by atoms with E-state index in [4.69, 9.17) is 19.3 Å². The number of sulfonamides is 1. The van der Waals surface area contributed by atoms with Crippen molar-refractivity contribution in [3.63, 3.8) is 0 Å².